The zero-order valence-electron chi connectivity index (χ0n) is 14.6. The van der Waals surface area contributed by atoms with Gasteiger partial charge in [0.15, 0.2) is 6.61 Å². The van der Waals surface area contributed by atoms with E-state index in [-0.39, 0.29) is 19.1 Å². The van der Waals surface area contributed by atoms with Crippen molar-refractivity contribution in [1.82, 2.24) is 0 Å². The fourth-order valence-corrected chi connectivity index (χ4v) is 2.73. The Bertz CT molecular complexity index is 920. The second-order valence-corrected chi connectivity index (χ2v) is 6.55. The highest BCUT2D eigenvalue weighted by Gasteiger charge is 2.13. The van der Waals surface area contributed by atoms with Crippen molar-refractivity contribution in [3.8, 4) is 22.8 Å². The molecule has 27 heavy (non-hydrogen) atoms. The molecule has 0 aliphatic heterocycles. The molecule has 140 valence electrons. The minimum absolute atomic E-state index is 0.113. The molecular formula is C20H18BrNO5. The second kappa shape index (κ2) is 8.75. The van der Waals surface area contributed by atoms with Crippen LogP contribution < -0.4 is 14.8 Å². The number of hydrogen-bond acceptors (Lipinski definition) is 5. The summed E-state index contributed by atoms with van der Waals surface area (Å²) in [7, 11) is 1.55. The molecule has 0 radical (unpaired) electrons. The summed E-state index contributed by atoms with van der Waals surface area (Å²) >= 11 is 3.35. The summed E-state index contributed by atoms with van der Waals surface area (Å²) in [6.07, 6.45) is 0. The molecule has 0 fully saturated rings. The number of nitrogens with one attached hydrogen (secondary N) is 1. The summed E-state index contributed by atoms with van der Waals surface area (Å²) < 4.78 is 17.3. The van der Waals surface area contributed by atoms with Crippen molar-refractivity contribution in [1.29, 1.82) is 0 Å². The van der Waals surface area contributed by atoms with Crippen molar-refractivity contribution in [2.24, 2.45) is 0 Å². The largest absolute Gasteiger partial charge is 0.496 e. The smallest absolute Gasteiger partial charge is 0.262 e. The summed E-state index contributed by atoms with van der Waals surface area (Å²) in [5, 5.41) is 12.0. The number of benzene rings is 2. The molecule has 3 aromatic rings. The number of carbonyl (C=O) groups is 1. The number of halogens is 1. The number of furan rings is 1. The standard InChI is InChI=1S/C20H18BrNO5/c1-25-18-8-4-14(10-17(18)19-9-7-16(11-23)27-19)22-20(24)12-26-15-5-2-13(21)3-6-15/h2-10,23H,11-12H2,1H3,(H,22,24). The molecule has 0 saturated carbocycles. The van der Waals surface area contributed by atoms with Crippen LogP contribution in [0.5, 0.6) is 11.5 Å². The van der Waals surface area contributed by atoms with Crippen LogP contribution in [0.25, 0.3) is 11.3 Å². The van der Waals surface area contributed by atoms with Crippen molar-refractivity contribution in [2.75, 3.05) is 19.0 Å². The third-order valence-electron chi connectivity index (χ3n) is 3.75. The van der Waals surface area contributed by atoms with Gasteiger partial charge in [0, 0.05) is 10.2 Å². The first kappa shape index (κ1) is 19.0. The molecule has 1 aromatic heterocycles. The molecule has 0 bridgehead atoms. The van der Waals surface area contributed by atoms with Gasteiger partial charge in [0.05, 0.1) is 12.7 Å². The summed E-state index contributed by atoms with van der Waals surface area (Å²) in [6, 6.07) is 15.9. The Hall–Kier alpha value is -2.77. The third-order valence-corrected chi connectivity index (χ3v) is 4.28. The number of aliphatic hydroxyl groups excluding tert-OH is 1. The lowest BCUT2D eigenvalue weighted by atomic mass is 10.1. The van der Waals surface area contributed by atoms with Crippen molar-refractivity contribution >= 4 is 27.5 Å². The average Bonchev–Trinajstić information content (AvgIpc) is 3.16. The monoisotopic (exact) mass is 431 g/mol. The van der Waals surface area contributed by atoms with Gasteiger partial charge in [-0.05, 0) is 54.6 Å². The normalized spacial score (nSPS) is 10.5. The number of ether oxygens (including phenoxy) is 2. The van der Waals surface area contributed by atoms with Crippen LogP contribution in [-0.4, -0.2) is 24.7 Å². The first-order valence-electron chi connectivity index (χ1n) is 8.15. The molecule has 1 heterocycles. The maximum absolute atomic E-state index is 12.2. The van der Waals surface area contributed by atoms with Crippen molar-refractivity contribution < 1.29 is 23.8 Å². The Morgan fingerprint density at radius 1 is 1.15 bits per heavy atom. The Kier molecular flexibility index (Phi) is 6.16. The number of rotatable bonds is 7. The Labute approximate surface area is 164 Å². The minimum Gasteiger partial charge on any atom is -0.496 e. The first-order valence-corrected chi connectivity index (χ1v) is 8.94. The van der Waals surface area contributed by atoms with E-state index in [9.17, 15) is 4.79 Å². The van der Waals surface area contributed by atoms with Crippen LogP contribution in [0.15, 0.2) is 63.5 Å². The van der Waals surface area contributed by atoms with E-state index < -0.39 is 0 Å². The molecule has 0 unspecified atom stereocenters. The van der Waals surface area contributed by atoms with E-state index in [1.54, 1.807) is 49.6 Å². The maximum atomic E-state index is 12.2. The zero-order valence-corrected chi connectivity index (χ0v) is 16.2. The molecule has 0 spiro atoms. The predicted molar refractivity (Wildman–Crippen MR) is 105 cm³/mol. The topological polar surface area (TPSA) is 80.9 Å². The molecule has 2 aromatic carbocycles. The third kappa shape index (κ3) is 4.90. The lowest BCUT2D eigenvalue weighted by Gasteiger charge is -2.11. The van der Waals surface area contributed by atoms with Gasteiger partial charge in [0.25, 0.3) is 5.91 Å². The van der Waals surface area contributed by atoms with E-state index in [0.717, 1.165) is 4.47 Å². The molecule has 0 saturated heterocycles. The van der Waals surface area contributed by atoms with Gasteiger partial charge in [-0.3, -0.25) is 4.79 Å². The number of anilines is 1. The van der Waals surface area contributed by atoms with Crippen molar-refractivity contribution in [3.05, 3.63) is 64.8 Å². The Balaban J connectivity index is 1.70. The van der Waals surface area contributed by atoms with E-state index >= 15 is 0 Å². The Morgan fingerprint density at radius 3 is 2.59 bits per heavy atom. The Morgan fingerprint density at radius 2 is 1.93 bits per heavy atom. The number of hydrogen-bond donors (Lipinski definition) is 2. The quantitative estimate of drug-likeness (QED) is 0.584. The van der Waals surface area contributed by atoms with E-state index in [2.05, 4.69) is 21.2 Å². The zero-order chi connectivity index (χ0) is 19.2. The maximum Gasteiger partial charge on any atom is 0.262 e. The van der Waals surface area contributed by atoms with Gasteiger partial charge in [0.2, 0.25) is 0 Å². The van der Waals surface area contributed by atoms with Gasteiger partial charge < -0.3 is 24.3 Å². The van der Waals surface area contributed by atoms with Gasteiger partial charge in [-0.25, -0.2) is 0 Å². The molecule has 6 nitrogen and oxygen atoms in total. The van der Waals surface area contributed by atoms with Crippen LogP contribution in [0.2, 0.25) is 0 Å². The molecule has 2 N–H and O–H groups in total. The van der Waals surface area contributed by atoms with E-state index in [1.165, 1.54) is 0 Å². The second-order valence-electron chi connectivity index (χ2n) is 5.63. The molecule has 1 amide bonds. The van der Waals surface area contributed by atoms with Crippen molar-refractivity contribution in [3.63, 3.8) is 0 Å². The van der Waals surface area contributed by atoms with Crippen LogP contribution in [0.1, 0.15) is 5.76 Å². The lowest BCUT2D eigenvalue weighted by molar-refractivity contribution is -0.118. The van der Waals surface area contributed by atoms with Crippen molar-refractivity contribution in [2.45, 2.75) is 6.61 Å². The molecule has 3 rings (SSSR count). The van der Waals surface area contributed by atoms with Crippen LogP contribution in [0.4, 0.5) is 5.69 Å². The number of aliphatic hydroxyl groups is 1. The lowest BCUT2D eigenvalue weighted by Crippen LogP contribution is -2.20. The molecule has 7 heteroatoms. The number of amides is 1. The summed E-state index contributed by atoms with van der Waals surface area (Å²) in [5.74, 6) is 1.90. The molecular weight excluding hydrogens is 414 g/mol. The molecule has 0 aliphatic carbocycles. The number of methoxy groups -OCH3 is 1. The highest BCUT2D eigenvalue weighted by molar-refractivity contribution is 9.10. The van der Waals surface area contributed by atoms with Crippen LogP contribution >= 0.6 is 15.9 Å². The summed E-state index contributed by atoms with van der Waals surface area (Å²) in [6.45, 7) is -0.301. The summed E-state index contributed by atoms with van der Waals surface area (Å²) in [5.41, 5.74) is 1.25. The predicted octanol–water partition coefficient (Wildman–Crippen LogP) is 4.23. The summed E-state index contributed by atoms with van der Waals surface area (Å²) in [4.78, 5) is 12.2. The van der Waals surface area contributed by atoms with Gasteiger partial charge >= 0.3 is 0 Å². The SMILES string of the molecule is COc1ccc(NC(=O)COc2ccc(Br)cc2)cc1-c1ccc(CO)o1. The highest BCUT2D eigenvalue weighted by atomic mass is 79.9. The average molecular weight is 432 g/mol. The van der Waals surface area contributed by atoms with E-state index in [1.807, 2.05) is 12.1 Å². The van der Waals surface area contributed by atoms with Gasteiger partial charge in [-0.1, -0.05) is 15.9 Å². The van der Waals surface area contributed by atoms with E-state index in [0.29, 0.717) is 34.3 Å². The fraction of sp³-hybridized carbons (Fsp3) is 0.150. The molecule has 0 atom stereocenters. The van der Waals surface area contributed by atoms with E-state index in [4.69, 9.17) is 19.0 Å². The van der Waals surface area contributed by atoms with Crippen LogP contribution in [-0.2, 0) is 11.4 Å². The number of carbonyl (C=O) groups excluding carboxylic acids is 1. The first-order chi connectivity index (χ1) is 13.1. The molecule has 0 aliphatic rings. The minimum atomic E-state index is -0.287. The van der Waals surface area contributed by atoms with Crippen LogP contribution in [0, 0.1) is 0 Å². The van der Waals surface area contributed by atoms with Crippen LogP contribution in [0.3, 0.4) is 0 Å². The van der Waals surface area contributed by atoms with Gasteiger partial charge in [0.1, 0.15) is 29.6 Å². The highest BCUT2D eigenvalue weighted by Crippen LogP contribution is 2.33. The van der Waals surface area contributed by atoms with Gasteiger partial charge in [-0.2, -0.15) is 0 Å². The fourth-order valence-electron chi connectivity index (χ4n) is 2.46. The van der Waals surface area contributed by atoms with Gasteiger partial charge in [-0.15, -0.1) is 0 Å².